The number of rotatable bonds is 4. The maximum atomic E-state index is 12.5. The summed E-state index contributed by atoms with van der Waals surface area (Å²) in [6.45, 7) is 3.82. The number of carbonyl (C=O) groups excluding carboxylic acids is 1. The first kappa shape index (κ1) is 17.7. The number of carbonyl (C=O) groups is 1. The lowest BCUT2D eigenvalue weighted by Gasteiger charge is -2.27. The van der Waals surface area contributed by atoms with E-state index in [1.54, 1.807) is 23.7 Å². The van der Waals surface area contributed by atoms with E-state index in [9.17, 15) is 14.7 Å². The zero-order valence-electron chi connectivity index (χ0n) is 15.3. The molecule has 1 amide bonds. The molecule has 2 aromatic heterocycles. The van der Waals surface area contributed by atoms with Gasteiger partial charge in [0.2, 0.25) is 5.91 Å². The van der Waals surface area contributed by atoms with Gasteiger partial charge in [-0.15, -0.1) is 0 Å². The quantitative estimate of drug-likeness (QED) is 0.870. The predicted molar refractivity (Wildman–Crippen MR) is 95.5 cm³/mol. The van der Waals surface area contributed by atoms with Gasteiger partial charge < -0.3 is 10.0 Å². The van der Waals surface area contributed by atoms with Crippen molar-refractivity contribution in [2.75, 3.05) is 7.05 Å². The van der Waals surface area contributed by atoms with E-state index in [1.165, 1.54) is 0 Å². The normalized spacial score (nSPS) is 20.4. The van der Waals surface area contributed by atoms with Crippen LogP contribution in [-0.2, 0) is 18.3 Å². The Hall–Kier alpha value is -2.15. The number of H-pyrrole nitrogens is 1. The molecule has 0 unspecified atom stereocenters. The van der Waals surface area contributed by atoms with Crippen molar-refractivity contribution >= 4 is 16.9 Å². The number of nitrogens with zero attached hydrogens (tertiary/aromatic N) is 3. The maximum absolute atomic E-state index is 12.5. The smallest absolute Gasteiger partial charge is 0.273 e. The molecule has 1 aliphatic rings. The summed E-state index contributed by atoms with van der Waals surface area (Å²) >= 11 is 0. The fourth-order valence-corrected chi connectivity index (χ4v) is 3.98. The summed E-state index contributed by atoms with van der Waals surface area (Å²) in [6, 6.07) is -0.0766. The van der Waals surface area contributed by atoms with Crippen LogP contribution in [0.1, 0.15) is 42.5 Å². The molecule has 0 saturated heterocycles. The Morgan fingerprint density at radius 2 is 2.12 bits per heavy atom. The van der Waals surface area contributed by atoms with Gasteiger partial charge in [0.25, 0.3) is 5.56 Å². The molecule has 0 aliphatic heterocycles. The number of pyridine rings is 1. The Morgan fingerprint density at radius 3 is 2.76 bits per heavy atom. The highest BCUT2D eigenvalue weighted by Crippen LogP contribution is 2.25. The summed E-state index contributed by atoms with van der Waals surface area (Å²) < 4.78 is 1.63. The molecular formula is C18H26N4O3. The van der Waals surface area contributed by atoms with Gasteiger partial charge in [0.05, 0.1) is 17.5 Å². The lowest BCUT2D eigenvalue weighted by molar-refractivity contribution is -0.133. The molecule has 2 N–H and O–H groups in total. The number of aliphatic hydroxyl groups excluding tert-OH is 1. The molecule has 0 spiro atoms. The second-order valence-electron chi connectivity index (χ2n) is 7.07. The van der Waals surface area contributed by atoms with E-state index >= 15 is 0 Å². The number of hydrogen-bond donors (Lipinski definition) is 2. The number of nitrogens with one attached hydrogen (secondary N) is 1. The summed E-state index contributed by atoms with van der Waals surface area (Å²) in [5, 5.41) is 13.3. The van der Waals surface area contributed by atoms with Gasteiger partial charge in [-0.25, -0.2) is 4.98 Å². The fraction of sp³-hybridized carbons (Fsp3) is 0.611. The summed E-state index contributed by atoms with van der Waals surface area (Å²) in [4.78, 5) is 30.9. The van der Waals surface area contributed by atoms with Crippen LogP contribution in [0.4, 0.5) is 0 Å². The molecule has 2 aromatic rings. The topological polar surface area (TPSA) is 91.2 Å². The Kier molecular flexibility index (Phi) is 4.69. The molecule has 7 heteroatoms. The first-order valence-corrected chi connectivity index (χ1v) is 8.79. The van der Waals surface area contributed by atoms with Crippen LogP contribution < -0.4 is 5.56 Å². The second kappa shape index (κ2) is 6.63. The van der Waals surface area contributed by atoms with E-state index < -0.39 is 6.10 Å². The van der Waals surface area contributed by atoms with Crippen molar-refractivity contribution in [1.82, 2.24) is 19.7 Å². The minimum atomic E-state index is -0.418. The third-order valence-electron chi connectivity index (χ3n) is 5.50. The van der Waals surface area contributed by atoms with Crippen LogP contribution in [-0.4, -0.2) is 49.9 Å². The van der Waals surface area contributed by atoms with E-state index in [2.05, 4.69) is 10.1 Å². The third-order valence-corrected chi connectivity index (χ3v) is 5.50. The Balaban J connectivity index is 1.80. The standard InChI is InChI=1S/C18H26N4O3/c1-10-12(11(2)19-17-16(10)18(25)20-22(17)4)8-9-15(24)21(3)13-6-5-7-14(13)23/h13-14,23H,5-9H2,1-4H3,(H,20,25)/t13-,14-/m1/s1. The molecule has 0 radical (unpaired) electrons. The van der Waals surface area contributed by atoms with E-state index in [1.807, 2.05) is 13.8 Å². The van der Waals surface area contributed by atoms with Gasteiger partial charge >= 0.3 is 0 Å². The summed E-state index contributed by atoms with van der Waals surface area (Å²) in [5.41, 5.74) is 3.18. The zero-order valence-corrected chi connectivity index (χ0v) is 15.3. The van der Waals surface area contributed by atoms with Crippen molar-refractivity contribution in [2.45, 2.75) is 58.1 Å². The number of aromatic nitrogens is 3. The predicted octanol–water partition coefficient (Wildman–Crippen LogP) is 1.18. The van der Waals surface area contributed by atoms with Crippen LogP contribution in [0.3, 0.4) is 0 Å². The van der Waals surface area contributed by atoms with Crippen molar-refractivity contribution in [3.05, 3.63) is 27.2 Å². The number of aryl methyl sites for hydroxylation is 3. The molecule has 136 valence electrons. The van der Waals surface area contributed by atoms with E-state index in [-0.39, 0.29) is 17.5 Å². The zero-order chi connectivity index (χ0) is 18.3. The summed E-state index contributed by atoms with van der Waals surface area (Å²) in [6.07, 6.45) is 3.05. The molecule has 0 aromatic carbocycles. The number of aliphatic hydroxyl groups is 1. The fourth-order valence-electron chi connectivity index (χ4n) is 3.98. The van der Waals surface area contributed by atoms with Crippen molar-refractivity contribution < 1.29 is 9.90 Å². The first-order chi connectivity index (χ1) is 11.8. The van der Waals surface area contributed by atoms with E-state index in [0.717, 1.165) is 36.1 Å². The molecule has 7 nitrogen and oxygen atoms in total. The van der Waals surface area contributed by atoms with Crippen molar-refractivity contribution in [3.8, 4) is 0 Å². The number of fused-ring (bicyclic) bond motifs is 1. The van der Waals surface area contributed by atoms with Crippen LogP contribution in [0, 0.1) is 13.8 Å². The minimum Gasteiger partial charge on any atom is -0.391 e. The van der Waals surface area contributed by atoms with Gasteiger partial charge in [0.1, 0.15) is 0 Å². The van der Waals surface area contributed by atoms with Crippen LogP contribution in [0.25, 0.3) is 11.0 Å². The van der Waals surface area contributed by atoms with Crippen LogP contribution in [0.2, 0.25) is 0 Å². The summed E-state index contributed by atoms with van der Waals surface area (Å²) in [7, 11) is 3.53. The molecule has 2 heterocycles. The highest BCUT2D eigenvalue weighted by atomic mass is 16.3. The van der Waals surface area contributed by atoms with E-state index in [0.29, 0.717) is 23.9 Å². The van der Waals surface area contributed by atoms with Crippen molar-refractivity contribution in [2.24, 2.45) is 7.05 Å². The van der Waals surface area contributed by atoms with Crippen molar-refractivity contribution in [1.29, 1.82) is 0 Å². The highest BCUT2D eigenvalue weighted by Gasteiger charge is 2.31. The number of hydrogen-bond acceptors (Lipinski definition) is 4. The SMILES string of the molecule is Cc1nc2c(c(C)c1CCC(=O)N(C)[C@@H]1CCC[C@H]1O)c(=O)[nH]n2C. The third kappa shape index (κ3) is 3.08. The number of aromatic amines is 1. The minimum absolute atomic E-state index is 0.0202. The van der Waals surface area contributed by atoms with Crippen molar-refractivity contribution in [3.63, 3.8) is 0 Å². The molecular weight excluding hydrogens is 320 g/mol. The molecule has 1 aliphatic carbocycles. The van der Waals surface area contributed by atoms with Gasteiger partial charge in [-0.1, -0.05) is 0 Å². The lowest BCUT2D eigenvalue weighted by atomic mass is 10.00. The van der Waals surface area contributed by atoms with Gasteiger partial charge in [0.15, 0.2) is 5.65 Å². The second-order valence-corrected chi connectivity index (χ2v) is 7.07. The molecule has 0 bridgehead atoms. The largest absolute Gasteiger partial charge is 0.391 e. The average Bonchev–Trinajstić information content (AvgIpc) is 3.09. The van der Waals surface area contributed by atoms with Crippen LogP contribution >= 0.6 is 0 Å². The first-order valence-electron chi connectivity index (χ1n) is 8.79. The van der Waals surface area contributed by atoms with Gasteiger partial charge in [-0.3, -0.25) is 19.4 Å². The molecule has 1 fully saturated rings. The Bertz CT molecular complexity index is 867. The Labute approximate surface area is 146 Å². The van der Waals surface area contributed by atoms with Gasteiger partial charge in [0, 0.05) is 26.2 Å². The summed E-state index contributed by atoms with van der Waals surface area (Å²) in [5.74, 6) is 0.0202. The molecule has 1 saturated carbocycles. The Morgan fingerprint density at radius 1 is 1.40 bits per heavy atom. The van der Waals surface area contributed by atoms with Crippen LogP contribution in [0.15, 0.2) is 4.79 Å². The highest BCUT2D eigenvalue weighted by molar-refractivity contribution is 5.81. The van der Waals surface area contributed by atoms with Gasteiger partial charge in [-0.05, 0) is 50.7 Å². The monoisotopic (exact) mass is 346 g/mol. The van der Waals surface area contributed by atoms with Crippen LogP contribution in [0.5, 0.6) is 0 Å². The van der Waals surface area contributed by atoms with Gasteiger partial charge in [-0.2, -0.15) is 0 Å². The number of likely N-dealkylation sites (N-methyl/N-ethyl adjacent to an activating group) is 1. The van der Waals surface area contributed by atoms with E-state index in [4.69, 9.17) is 0 Å². The lowest BCUT2D eigenvalue weighted by Crippen LogP contribution is -2.41. The molecule has 3 rings (SSSR count). The molecule has 25 heavy (non-hydrogen) atoms. The molecule has 2 atom stereocenters. The number of amides is 1. The average molecular weight is 346 g/mol. The maximum Gasteiger partial charge on any atom is 0.273 e.